The number of benzene rings is 3. The van der Waals surface area contributed by atoms with Crippen LogP contribution in [-0.4, -0.2) is 21.3 Å². The second-order valence-electron chi connectivity index (χ2n) is 5.73. The van der Waals surface area contributed by atoms with Gasteiger partial charge < -0.3 is 10.1 Å². The summed E-state index contributed by atoms with van der Waals surface area (Å²) in [6, 6.07) is 19.7. The van der Waals surface area contributed by atoms with Crippen LogP contribution in [0.4, 0.5) is 5.69 Å². The van der Waals surface area contributed by atoms with E-state index in [4.69, 9.17) is 0 Å². The second kappa shape index (κ2) is 7.36. The van der Waals surface area contributed by atoms with Crippen LogP contribution in [0.2, 0.25) is 0 Å². The van der Waals surface area contributed by atoms with E-state index < -0.39 is 0 Å². The van der Waals surface area contributed by atoms with E-state index in [1.165, 1.54) is 0 Å². The topological polar surface area (TPSA) is 61.3 Å². The molecule has 4 rings (SSSR count). The van der Waals surface area contributed by atoms with Crippen molar-refractivity contribution in [2.75, 3.05) is 0 Å². The molecular weight excluding hydrogens is 552 g/mol. The minimum atomic E-state index is 0.258. The summed E-state index contributed by atoms with van der Waals surface area (Å²) in [6.07, 6.45) is 1.69. The van der Waals surface area contributed by atoms with Gasteiger partial charge in [0.05, 0.1) is 20.3 Å². The van der Waals surface area contributed by atoms with Crippen LogP contribution in [0.1, 0.15) is 5.56 Å². The monoisotopic (exact) mass is 565 g/mol. The molecule has 0 fully saturated rings. The molecule has 0 aliphatic rings. The molecule has 0 saturated carbocycles. The number of hydrogen-bond acceptors (Lipinski definition) is 3. The number of aromatic amines is 1. The second-order valence-corrected chi connectivity index (χ2v) is 8.14. The van der Waals surface area contributed by atoms with Crippen LogP contribution in [0, 0.1) is 7.14 Å². The highest BCUT2D eigenvalue weighted by Gasteiger charge is 2.06. The third-order valence-electron chi connectivity index (χ3n) is 3.94. The largest absolute Gasteiger partial charge is 0.506 e. The van der Waals surface area contributed by atoms with Gasteiger partial charge in [0.15, 0.2) is 0 Å². The molecule has 4 aromatic rings. The number of nitrogens with one attached hydrogen (secondary N) is 1. The molecule has 0 bridgehead atoms. The lowest BCUT2D eigenvalue weighted by molar-refractivity contribution is 0.470. The number of fused-ring (bicyclic) bond motifs is 1. The maximum Gasteiger partial charge on any atom is 0.138 e. The average Bonchev–Trinajstić information content (AvgIpc) is 3.08. The number of aromatic hydroxyl groups is 1. The van der Waals surface area contributed by atoms with Gasteiger partial charge in [0.2, 0.25) is 0 Å². The lowest BCUT2D eigenvalue weighted by atomic mass is 10.2. The third kappa shape index (κ3) is 3.61. The smallest absolute Gasteiger partial charge is 0.138 e. The summed E-state index contributed by atoms with van der Waals surface area (Å²) in [7, 11) is 0. The van der Waals surface area contributed by atoms with E-state index in [2.05, 4.69) is 60.1 Å². The summed E-state index contributed by atoms with van der Waals surface area (Å²) in [5.74, 6) is 1.10. The van der Waals surface area contributed by atoms with E-state index in [9.17, 15) is 5.11 Å². The molecule has 0 atom stereocenters. The molecule has 6 heteroatoms. The fourth-order valence-corrected chi connectivity index (χ4v) is 4.51. The highest BCUT2D eigenvalue weighted by Crippen LogP contribution is 2.27. The first-order valence-electron chi connectivity index (χ1n) is 7.87. The van der Waals surface area contributed by atoms with Gasteiger partial charge in [0, 0.05) is 20.9 Å². The number of halogens is 2. The van der Waals surface area contributed by atoms with Crippen LogP contribution in [-0.2, 0) is 0 Å². The van der Waals surface area contributed by atoms with E-state index in [1.54, 1.807) is 6.21 Å². The summed E-state index contributed by atoms with van der Waals surface area (Å²) in [6.45, 7) is 0. The fraction of sp³-hybridized carbons (Fsp3) is 0. The first-order chi connectivity index (χ1) is 12.6. The number of phenolic OH excluding ortho intramolecular Hbond substituents is 1. The first-order valence-corrected chi connectivity index (χ1v) is 10.0. The highest BCUT2D eigenvalue weighted by molar-refractivity contribution is 14.1. The van der Waals surface area contributed by atoms with Gasteiger partial charge in [0.1, 0.15) is 11.6 Å². The quantitative estimate of drug-likeness (QED) is 0.241. The maximum absolute atomic E-state index is 10.1. The predicted octanol–water partition coefficient (Wildman–Crippen LogP) is 5.90. The van der Waals surface area contributed by atoms with Gasteiger partial charge in [0.25, 0.3) is 0 Å². The van der Waals surface area contributed by atoms with E-state index in [-0.39, 0.29) is 5.75 Å². The zero-order valence-electron chi connectivity index (χ0n) is 13.4. The SMILES string of the molecule is Oc1c(I)cc(I)cc1C=Nc1ccc(-c2nc3ccccc3[nH]2)cc1. The van der Waals surface area contributed by atoms with Gasteiger partial charge in [-0.2, -0.15) is 0 Å². The molecule has 0 radical (unpaired) electrons. The Morgan fingerprint density at radius 3 is 2.54 bits per heavy atom. The number of phenols is 1. The molecule has 1 aromatic heterocycles. The summed E-state index contributed by atoms with van der Waals surface area (Å²) in [4.78, 5) is 12.4. The van der Waals surface area contributed by atoms with Crippen molar-refractivity contribution in [1.29, 1.82) is 0 Å². The molecule has 0 unspecified atom stereocenters. The van der Waals surface area contributed by atoms with Crippen LogP contribution < -0.4 is 0 Å². The van der Waals surface area contributed by atoms with E-state index in [0.717, 1.165) is 35.2 Å². The Morgan fingerprint density at radius 2 is 1.77 bits per heavy atom. The maximum atomic E-state index is 10.1. The van der Waals surface area contributed by atoms with Crippen LogP contribution >= 0.6 is 45.2 Å². The van der Waals surface area contributed by atoms with Crippen LogP contribution in [0.25, 0.3) is 22.4 Å². The Hall–Kier alpha value is -1.94. The van der Waals surface area contributed by atoms with Gasteiger partial charge in [-0.15, -0.1) is 0 Å². The van der Waals surface area contributed by atoms with E-state index in [1.807, 2.05) is 60.7 Å². The molecule has 0 aliphatic heterocycles. The van der Waals surface area contributed by atoms with Crippen LogP contribution in [0.3, 0.4) is 0 Å². The number of imidazole rings is 1. The Balaban J connectivity index is 1.60. The van der Waals surface area contributed by atoms with Gasteiger partial charge in [-0.1, -0.05) is 12.1 Å². The number of aromatic nitrogens is 2. The summed E-state index contributed by atoms with van der Waals surface area (Å²) in [5, 5.41) is 10.1. The lowest BCUT2D eigenvalue weighted by Crippen LogP contribution is -1.87. The van der Waals surface area contributed by atoms with Gasteiger partial charge >= 0.3 is 0 Å². The fourth-order valence-electron chi connectivity index (χ4n) is 2.62. The Morgan fingerprint density at radius 1 is 1.00 bits per heavy atom. The molecule has 3 aromatic carbocycles. The molecule has 1 heterocycles. The van der Waals surface area contributed by atoms with E-state index >= 15 is 0 Å². The van der Waals surface area contributed by atoms with Gasteiger partial charge in [-0.3, -0.25) is 4.99 Å². The van der Waals surface area contributed by atoms with Crippen LogP contribution in [0.5, 0.6) is 5.75 Å². The minimum absolute atomic E-state index is 0.258. The number of H-pyrrole nitrogens is 1. The zero-order valence-corrected chi connectivity index (χ0v) is 17.8. The Labute approximate surface area is 177 Å². The molecule has 4 nitrogen and oxygen atoms in total. The summed E-state index contributed by atoms with van der Waals surface area (Å²) in [5.41, 5.74) is 4.51. The van der Waals surface area contributed by atoms with Crippen molar-refractivity contribution < 1.29 is 5.11 Å². The molecule has 128 valence electrons. The number of nitrogens with zero attached hydrogens (tertiary/aromatic N) is 2. The molecule has 0 saturated heterocycles. The average molecular weight is 565 g/mol. The zero-order chi connectivity index (χ0) is 18.1. The van der Waals surface area contributed by atoms with Crippen molar-refractivity contribution >= 4 is 68.1 Å². The normalized spacial score (nSPS) is 11.5. The molecule has 0 aliphatic carbocycles. The van der Waals surface area contributed by atoms with Crippen LogP contribution in [0.15, 0.2) is 65.7 Å². The number of hydrogen-bond donors (Lipinski definition) is 2. The predicted molar refractivity (Wildman–Crippen MR) is 122 cm³/mol. The van der Waals surface area contributed by atoms with Crippen molar-refractivity contribution in [3.63, 3.8) is 0 Å². The number of rotatable bonds is 3. The molecule has 26 heavy (non-hydrogen) atoms. The number of aliphatic imine (C=N–C) groups is 1. The molecule has 2 N–H and O–H groups in total. The van der Waals surface area contributed by atoms with Crippen molar-refractivity contribution in [2.45, 2.75) is 0 Å². The third-order valence-corrected chi connectivity index (χ3v) is 5.39. The Kier molecular flexibility index (Phi) is 4.94. The van der Waals surface area contributed by atoms with Gasteiger partial charge in [-0.25, -0.2) is 4.98 Å². The summed E-state index contributed by atoms with van der Waals surface area (Å²) >= 11 is 4.35. The standard InChI is InChI=1S/C20H13I2N3O/c21-14-9-13(19(26)16(22)10-14)11-23-15-7-5-12(6-8-15)20-24-17-3-1-2-4-18(17)25-20/h1-11,26H,(H,24,25). The lowest BCUT2D eigenvalue weighted by Gasteiger charge is -2.03. The minimum Gasteiger partial charge on any atom is -0.506 e. The van der Waals surface area contributed by atoms with Gasteiger partial charge in [-0.05, 0) is 93.7 Å². The molecule has 0 amide bonds. The first kappa shape index (κ1) is 17.5. The molecule has 0 spiro atoms. The summed E-state index contributed by atoms with van der Waals surface area (Å²) < 4.78 is 1.88. The van der Waals surface area contributed by atoms with Crippen molar-refractivity contribution in [2.24, 2.45) is 4.99 Å². The number of para-hydroxylation sites is 2. The van der Waals surface area contributed by atoms with Crippen molar-refractivity contribution in [3.8, 4) is 17.1 Å². The van der Waals surface area contributed by atoms with Crippen molar-refractivity contribution in [1.82, 2.24) is 9.97 Å². The highest BCUT2D eigenvalue weighted by atomic mass is 127. The molecular formula is C20H13I2N3O. The van der Waals surface area contributed by atoms with E-state index in [0.29, 0.717) is 5.56 Å². The Bertz CT molecular complexity index is 1080. The van der Waals surface area contributed by atoms with Crippen molar-refractivity contribution in [3.05, 3.63) is 73.4 Å².